The van der Waals surface area contributed by atoms with Crippen molar-refractivity contribution in [3.05, 3.63) is 54.1 Å². The van der Waals surface area contributed by atoms with Crippen molar-refractivity contribution >= 4 is 33.5 Å². The van der Waals surface area contributed by atoms with Gasteiger partial charge in [-0.3, -0.25) is 9.59 Å². The Morgan fingerprint density at radius 2 is 1.58 bits per heavy atom. The molecule has 166 valence electrons. The number of benzene rings is 2. The molecule has 0 heterocycles. The lowest BCUT2D eigenvalue weighted by Gasteiger charge is -2.16. The van der Waals surface area contributed by atoms with Crippen LogP contribution in [0.15, 0.2) is 53.4 Å². The van der Waals surface area contributed by atoms with Crippen LogP contribution < -0.4 is 15.8 Å². The van der Waals surface area contributed by atoms with E-state index < -0.39 is 33.8 Å². The molecule has 0 unspecified atom stereocenters. The normalized spacial score (nSPS) is 11.9. The predicted molar refractivity (Wildman–Crippen MR) is 111 cm³/mol. The van der Waals surface area contributed by atoms with E-state index in [-0.39, 0.29) is 29.9 Å². The van der Waals surface area contributed by atoms with Crippen molar-refractivity contribution in [1.82, 2.24) is 5.32 Å². The van der Waals surface area contributed by atoms with Crippen LogP contribution in [-0.2, 0) is 35.6 Å². The van der Waals surface area contributed by atoms with Gasteiger partial charge in [-0.1, -0.05) is 12.1 Å². The molecule has 10 nitrogen and oxygen atoms in total. The number of amides is 2. The third kappa shape index (κ3) is 7.72. The zero-order chi connectivity index (χ0) is 23.0. The molecule has 0 aliphatic carbocycles. The van der Waals surface area contributed by atoms with Crippen LogP contribution in [0.1, 0.15) is 18.4 Å². The number of carbonyl (C=O) groups is 3. The Hall–Kier alpha value is -3.44. The summed E-state index contributed by atoms with van der Waals surface area (Å²) in [5.74, 6) is -1.55. The van der Waals surface area contributed by atoms with Gasteiger partial charge >= 0.3 is 5.97 Å². The highest BCUT2D eigenvalue weighted by atomic mass is 32.2. The molecule has 5 N–H and O–H groups in total. The number of anilines is 1. The van der Waals surface area contributed by atoms with Crippen LogP contribution in [0.5, 0.6) is 5.75 Å². The molecule has 1 atom stereocenters. The van der Waals surface area contributed by atoms with Crippen molar-refractivity contribution in [3.63, 3.8) is 0 Å². The molecule has 2 amide bonds. The Morgan fingerprint density at radius 3 is 2.13 bits per heavy atom. The minimum Gasteiger partial charge on any atom is -0.508 e. The van der Waals surface area contributed by atoms with E-state index in [0.717, 1.165) is 0 Å². The molecule has 11 heteroatoms. The first-order valence-corrected chi connectivity index (χ1v) is 10.7. The van der Waals surface area contributed by atoms with Crippen LogP contribution in [0.25, 0.3) is 0 Å². The molecule has 0 bridgehead atoms. The summed E-state index contributed by atoms with van der Waals surface area (Å²) in [5.41, 5.74) is 1.05. The maximum Gasteiger partial charge on any atom is 0.328 e. The number of nitrogens with two attached hydrogens (primary N) is 1. The summed E-state index contributed by atoms with van der Waals surface area (Å²) in [5, 5.41) is 19.4. The van der Waals surface area contributed by atoms with Gasteiger partial charge in [0.15, 0.2) is 0 Å². The van der Waals surface area contributed by atoms with E-state index in [9.17, 15) is 27.9 Å². The number of methoxy groups -OCH3 is 1. The number of nitrogens with one attached hydrogen (secondary N) is 2. The molecular formula is C20H23N3O7S. The van der Waals surface area contributed by atoms with E-state index in [0.29, 0.717) is 11.3 Å². The number of aromatic hydroxyl groups is 1. The Bertz CT molecular complexity index is 1040. The summed E-state index contributed by atoms with van der Waals surface area (Å²) in [6, 6.07) is 10.5. The highest BCUT2D eigenvalue weighted by Gasteiger charge is 2.22. The second-order valence-corrected chi connectivity index (χ2v) is 8.19. The van der Waals surface area contributed by atoms with Gasteiger partial charge in [0, 0.05) is 24.9 Å². The maximum atomic E-state index is 12.2. The van der Waals surface area contributed by atoms with E-state index in [1.807, 2.05) is 0 Å². The van der Waals surface area contributed by atoms with Crippen molar-refractivity contribution in [2.45, 2.75) is 30.2 Å². The number of primary sulfonamides is 1. The number of esters is 1. The molecule has 2 aromatic rings. The average molecular weight is 449 g/mol. The number of hydrogen-bond acceptors (Lipinski definition) is 7. The van der Waals surface area contributed by atoms with Crippen molar-refractivity contribution in [2.75, 3.05) is 12.4 Å². The summed E-state index contributed by atoms with van der Waals surface area (Å²) in [6.45, 7) is 0. The smallest absolute Gasteiger partial charge is 0.328 e. The molecule has 0 aliphatic rings. The van der Waals surface area contributed by atoms with Crippen LogP contribution in [0.4, 0.5) is 5.69 Å². The molecule has 2 aromatic carbocycles. The third-order valence-corrected chi connectivity index (χ3v) is 5.17. The van der Waals surface area contributed by atoms with Crippen LogP contribution >= 0.6 is 0 Å². The lowest BCUT2D eigenvalue weighted by molar-refractivity contribution is -0.145. The number of phenolic OH excluding ortho intramolecular Hbond substituents is 1. The van der Waals surface area contributed by atoms with Crippen LogP contribution in [0.2, 0.25) is 0 Å². The fourth-order valence-corrected chi connectivity index (χ4v) is 3.16. The molecule has 0 radical (unpaired) electrons. The van der Waals surface area contributed by atoms with Gasteiger partial charge in [0.2, 0.25) is 21.8 Å². The fraction of sp³-hybridized carbons (Fsp3) is 0.250. The van der Waals surface area contributed by atoms with Crippen molar-refractivity contribution in [3.8, 4) is 5.75 Å². The number of sulfonamides is 1. The number of hydrogen-bond donors (Lipinski definition) is 4. The Kier molecular flexibility index (Phi) is 8.11. The van der Waals surface area contributed by atoms with Gasteiger partial charge in [-0.05, 0) is 42.0 Å². The summed E-state index contributed by atoms with van der Waals surface area (Å²) >= 11 is 0. The zero-order valence-electron chi connectivity index (χ0n) is 16.7. The zero-order valence-corrected chi connectivity index (χ0v) is 17.5. The van der Waals surface area contributed by atoms with Gasteiger partial charge in [-0.15, -0.1) is 0 Å². The molecule has 0 spiro atoms. The highest BCUT2D eigenvalue weighted by Crippen LogP contribution is 2.14. The third-order valence-electron chi connectivity index (χ3n) is 4.24. The first-order valence-electron chi connectivity index (χ1n) is 9.16. The predicted octanol–water partition coefficient (Wildman–Crippen LogP) is 0.659. The minimum atomic E-state index is -3.83. The second-order valence-electron chi connectivity index (χ2n) is 6.63. The van der Waals surface area contributed by atoms with E-state index >= 15 is 0 Å². The van der Waals surface area contributed by atoms with E-state index in [1.165, 1.54) is 43.5 Å². The van der Waals surface area contributed by atoms with Gasteiger partial charge in [0.1, 0.15) is 11.8 Å². The van der Waals surface area contributed by atoms with Crippen LogP contribution in [-0.4, -0.2) is 44.5 Å². The van der Waals surface area contributed by atoms with E-state index in [2.05, 4.69) is 10.6 Å². The summed E-state index contributed by atoms with van der Waals surface area (Å²) in [4.78, 5) is 36.1. The molecule has 0 fully saturated rings. The van der Waals surface area contributed by atoms with Gasteiger partial charge in [-0.25, -0.2) is 18.4 Å². The van der Waals surface area contributed by atoms with Crippen molar-refractivity contribution in [2.24, 2.45) is 5.14 Å². The Morgan fingerprint density at radius 1 is 1.00 bits per heavy atom. The molecule has 0 saturated heterocycles. The Balaban J connectivity index is 1.88. The summed E-state index contributed by atoms with van der Waals surface area (Å²) in [6.07, 6.45) is -0.179. The van der Waals surface area contributed by atoms with Crippen molar-refractivity contribution < 1.29 is 32.6 Å². The monoisotopic (exact) mass is 449 g/mol. The van der Waals surface area contributed by atoms with Crippen LogP contribution in [0.3, 0.4) is 0 Å². The van der Waals surface area contributed by atoms with Gasteiger partial charge < -0.3 is 20.5 Å². The summed E-state index contributed by atoms with van der Waals surface area (Å²) < 4.78 is 27.2. The first-order chi connectivity index (χ1) is 14.6. The van der Waals surface area contributed by atoms with Crippen molar-refractivity contribution in [1.29, 1.82) is 0 Å². The molecular weight excluding hydrogens is 426 g/mol. The number of phenols is 1. The fourth-order valence-electron chi connectivity index (χ4n) is 2.65. The highest BCUT2D eigenvalue weighted by molar-refractivity contribution is 7.89. The standard InChI is InChI=1S/C20H23N3O7S/c1-30-20(27)17(12-13-2-6-15(24)7-3-13)23-19(26)11-10-18(25)22-14-4-8-16(9-5-14)31(21,28)29/h2-9,17,24H,10-12H2,1H3,(H,22,25)(H,23,26)(H2,21,28,29)/t17-/m0/s1. The number of ether oxygens (including phenoxy) is 1. The SMILES string of the molecule is COC(=O)[C@H](Cc1ccc(O)cc1)NC(=O)CCC(=O)Nc1ccc(S(N)(=O)=O)cc1. The second kappa shape index (κ2) is 10.5. The maximum absolute atomic E-state index is 12.2. The Labute approximate surface area is 179 Å². The van der Waals surface area contributed by atoms with E-state index in [1.54, 1.807) is 12.1 Å². The van der Waals surface area contributed by atoms with Gasteiger partial charge in [-0.2, -0.15) is 0 Å². The van der Waals surface area contributed by atoms with Crippen LogP contribution in [0, 0.1) is 0 Å². The van der Waals surface area contributed by atoms with Gasteiger partial charge in [0.25, 0.3) is 0 Å². The summed E-state index contributed by atoms with van der Waals surface area (Å²) in [7, 11) is -2.63. The average Bonchev–Trinajstić information content (AvgIpc) is 2.72. The molecule has 0 aliphatic heterocycles. The quantitative estimate of drug-likeness (QED) is 0.408. The van der Waals surface area contributed by atoms with Gasteiger partial charge in [0.05, 0.1) is 12.0 Å². The topological polar surface area (TPSA) is 165 Å². The number of rotatable bonds is 9. The largest absolute Gasteiger partial charge is 0.508 e. The first kappa shape index (κ1) is 23.8. The van der Waals surface area contributed by atoms with E-state index in [4.69, 9.17) is 9.88 Å². The minimum absolute atomic E-state index is 0.0766. The molecule has 2 rings (SSSR count). The molecule has 0 aromatic heterocycles. The lowest BCUT2D eigenvalue weighted by Crippen LogP contribution is -2.43. The molecule has 31 heavy (non-hydrogen) atoms. The lowest BCUT2D eigenvalue weighted by atomic mass is 10.1. The molecule has 0 saturated carbocycles. The number of carbonyl (C=O) groups excluding carboxylic acids is 3.